The van der Waals surface area contributed by atoms with Gasteiger partial charge in [-0.25, -0.2) is 5.01 Å². The largest absolute Gasteiger partial charge is 0.486 e. The Morgan fingerprint density at radius 2 is 1.80 bits per heavy atom. The summed E-state index contributed by atoms with van der Waals surface area (Å²) in [4.78, 5) is 0. The predicted molar refractivity (Wildman–Crippen MR) is 112 cm³/mol. The van der Waals surface area contributed by atoms with E-state index in [0.29, 0.717) is 19.8 Å². The van der Waals surface area contributed by atoms with E-state index in [2.05, 4.69) is 49.2 Å². The van der Waals surface area contributed by atoms with E-state index in [4.69, 9.17) is 24.0 Å². The van der Waals surface area contributed by atoms with Crippen LogP contribution in [0.2, 0.25) is 0 Å². The second-order valence-corrected chi connectivity index (χ2v) is 9.09. The molecule has 0 radical (unpaired) electrons. The molecule has 0 unspecified atom stereocenters. The van der Waals surface area contributed by atoms with Crippen molar-refractivity contribution in [1.82, 2.24) is 5.01 Å². The third kappa shape index (κ3) is 2.77. The average Bonchev–Trinajstić information content (AvgIpc) is 3.20. The molecule has 156 valence electrons. The number of rotatable bonds is 1. The molecule has 6 nitrogen and oxygen atoms in total. The molecule has 6 heteroatoms. The zero-order chi connectivity index (χ0) is 20.3. The van der Waals surface area contributed by atoms with Gasteiger partial charge in [0.1, 0.15) is 19.0 Å². The summed E-state index contributed by atoms with van der Waals surface area (Å²) < 4.78 is 24.2. The first-order valence-corrected chi connectivity index (χ1v) is 10.7. The van der Waals surface area contributed by atoms with Crippen LogP contribution >= 0.6 is 0 Å². The zero-order valence-electron chi connectivity index (χ0n) is 17.4. The molecule has 0 aliphatic carbocycles. The molecule has 4 aliphatic rings. The van der Waals surface area contributed by atoms with Crippen molar-refractivity contribution in [3.63, 3.8) is 0 Å². The minimum Gasteiger partial charge on any atom is -0.486 e. The Hall–Kier alpha value is -2.73. The van der Waals surface area contributed by atoms with E-state index in [1.807, 2.05) is 12.1 Å². The topological polar surface area (TPSA) is 52.5 Å². The van der Waals surface area contributed by atoms with Gasteiger partial charge in [0.15, 0.2) is 11.5 Å². The highest BCUT2D eigenvalue weighted by Gasteiger charge is 2.54. The van der Waals surface area contributed by atoms with Crippen molar-refractivity contribution in [2.24, 2.45) is 5.10 Å². The number of fused-ring (bicyclic) bond motifs is 5. The molecule has 0 N–H and O–H groups in total. The molecule has 1 saturated heterocycles. The van der Waals surface area contributed by atoms with Crippen LogP contribution in [-0.2, 0) is 4.74 Å². The first kappa shape index (κ1) is 18.1. The highest BCUT2D eigenvalue weighted by atomic mass is 16.6. The van der Waals surface area contributed by atoms with Crippen molar-refractivity contribution in [3.8, 4) is 17.2 Å². The number of hydrogen-bond acceptors (Lipinski definition) is 6. The lowest BCUT2D eigenvalue weighted by Gasteiger charge is -2.52. The molecule has 4 aliphatic heterocycles. The summed E-state index contributed by atoms with van der Waals surface area (Å²) in [5.74, 6) is 2.57. The molecule has 1 spiro atoms. The van der Waals surface area contributed by atoms with Gasteiger partial charge in [0, 0.05) is 30.4 Å². The van der Waals surface area contributed by atoms with Crippen LogP contribution in [0, 0.1) is 0 Å². The molecule has 0 amide bonds. The van der Waals surface area contributed by atoms with Gasteiger partial charge in [0.2, 0.25) is 5.72 Å². The van der Waals surface area contributed by atoms with Crippen LogP contribution < -0.4 is 14.2 Å². The average molecular weight is 406 g/mol. The Kier molecular flexibility index (Phi) is 3.84. The van der Waals surface area contributed by atoms with Crippen LogP contribution in [-0.4, -0.2) is 41.9 Å². The number of benzene rings is 2. The molecule has 2 aromatic carbocycles. The van der Waals surface area contributed by atoms with Crippen molar-refractivity contribution in [2.45, 2.75) is 50.5 Å². The van der Waals surface area contributed by atoms with Crippen molar-refractivity contribution >= 4 is 5.71 Å². The first-order chi connectivity index (χ1) is 14.5. The van der Waals surface area contributed by atoms with Crippen LogP contribution in [0.5, 0.6) is 17.2 Å². The summed E-state index contributed by atoms with van der Waals surface area (Å²) in [6.07, 6.45) is 2.39. The monoisotopic (exact) mass is 406 g/mol. The van der Waals surface area contributed by atoms with Crippen LogP contribution in [0.3, 0.4) is 0 Å². The SMILES string of the molecule is CC1(C)C[C@]2(CCO1)Oc1ccccc1[C@H]1CC(c3ccc4c(c3)OCCO4)=NN12. The fourth-order valence-corrected chi connectivity index (χ4v) is 5.20. The van der Waals surface area contributed by atoms with E-state index in [9.17, 15) is 0 Å². The summed E-state index contributed by atoms with van der Waals surface area (Å²) >= 11 is 0. The normalized spacial score (nSPS) is 28.4. The molecule has 6 rings (SSSR count). The second kappa shape index (κ2) is 6.38. The lowest BCUT2D eigenvalue weighted by molar-refractivity contribution is -0.212. The van der Waals surface area contributed by atoms with E-state index in [1.54, 1.807) is 0 Å². The van der Waals surface area contributed by atoms with E-state index in [-0.39, 0.29) is 11.6 Å². The van der Waals surface area contributed by atoms with Gasteiger partial charge in [-0.15, -0.1) is 0 Å². The summed E-state index contributed by atoms with van der Waals surface area (Å²) in [7, 11) is 0. The van der Waals surface area contributed by atoms with Gasteiger partial charge in [0.25, 0.3) is 0 Å². The first-order valence-electron chi connectivity index (χ1n) is 10.7. The molecule has 4 heterocycles. The summed E-state index contributed by atoms with van der Waals surface area (Å²) in [5.41, 5.74) is 2.58. The van der Waals surface area contributed by atoms with E-state index < -0.39 is 5.72 Å². The minimum atomic E-state index is -0.490. The van der Waals surface area contributed by atoms with Gasteiger partial charge in [-0.2, -0.15) is 5.10 Å². The Bertz CT molecular complexity index is 1030. The Morgan fingerprint density at radius 3 is 2.67 bits per heavy atom. The lowest BCUT2D eigenvalue weighted by Crippen LogP contribution is -2.60. The third-order valence-corrected chi connectivity index (χ3v) is 6.47. The van der Waals surface area contributed by atoms with Crippen LogP contribution in [0.1, 0.15) is 50.3 Å². The number of para-hydroxylation sites is 1. The number of ether oxygens (including phenoxy) is 4. The van der Waals surface area contributed by atoms with Gasteiger partial charge in [0.05, 0.1) is 24.0 Å². The van der Waals surface area contributed by atoms with Crippen LogP contribution in [0.4, 0.5) is 0 Å². The Balaban J connectivity index is 1.43. The molecule has 2 atom stereocenters. The summed E-state index contributed by atoms with van der Waals surface area (Å²) in [5, 5.41) is 7.36. The highest BCUT2D eigenvalue weighted by Crippen LogP contribution is 2.52. The molecular weight excluding hydrogens is 380 g/mol. The van der Waals surface area contributed by atoms with E-state index in [0.717, 1.165) is 47.8 Å². The van der Waals surface area contributed by atoms with Gasteiger partial charge in [-0.1, -0.05) is 18.2 Å². The zero-order valence-corrected chi connectivity index (χ0v) is 17.4. The lowest BCUT2D eigenvalue weighted by atomic mass is 9.86. The van der Waals surface area contributed by atoms with Crippen molar-refractivity contribution in [1.29, 1.82) is 0 Å². The Morgan fingerprint density at radius 1 is 0.967 bits per heavy atom. The Labute approximate surface area is 176 Å². The summed E-state index contributed by atoms with van der Waals surface area (Å²) in [6.45, 7) is 6.10. The maximum absolute atomic E-state index is 6.68. The predicted octanol–water partition coefficient (Wildman–Crippen LogP) is 4.29. The standard InChI is InChI=1S/C24H26N2O4/c1-23(2)15-24(9-10-29-23)26-19(17-5-3-4-6-20(17)30-24)14-18(25-26)16-7-8-21-22(13-16)28-12-11-27-21/h3-8,13,19H,9-12,14-15H2,1-2H3/t19-,24+/m1/s1. The number of hydrogen-bond donors (Lipinski definition) is 0. The van der Waals surface area contributed by atoms with Gasteiger partial charge < -0.3 is 18.9 Å². The third-order valence-electron chi connectivity index (χ3n) is 6.47. The molecule has 0 bridgehead atoms. The number of hydrazone groups is 1. The molecule has 30 heavy (non-hydrogen) atoms. The maximum Gasteiger partial charge on any atom is 0.203 e. The van der Waals surface area contributed by atoms with Crippen molar-refractivity contribution in [2.75, 3.05) is 19.8 Å². The molecular formula is C24H26N2O4. The molecule has 2 aromatic rings. The minimum absolute atomic E-state index is 0.159. The summed E-state index contributed by atoms with van der Waals surface area (Å²) in [6, 6.07) is 14.6. The second-order valence-electron chi connectivity index (χ2n) is 9.09. The fraction of sp³-hybridized carbons (Fsp3) is 0.458. The quantitative estimate of drug-likeness (QED) is 0.707. The van der Waals surface area contributed by atoms with Crippen LogP contribution in [0.25, 0.3) is 0 Å². The molecule has 0 saturated carbocycles. The van der Waals surface area contributed by atoms with Gasteiger partial charge in [-0.05, 0) is 38.1 Å². The smallest absolute Gasteiger partial charge is 0.203 e. The van der Waals surface area contributed by atoms with Gasteiger partial charge in [-0.3, -0.25) is 0 Å². The number of nitrogens with zero attached hydrogens (tertiary/aromatic N) is 2. The van der Waals surface area contributed by atoms with E-state index >= 15 is 0 Å². The van der Waals surface area contributed by atoms with E-state index in [1.165, 1.54) is 5.56 Å². The molecule has 0 aromatic heterocycles. The fourth-order valence-electron chi connectivity index (χ4n) is 5.20. The van der Waals surface area contributed by atoms with Gasteiger partial charge >= 0.3 is 0 Å². The molecule has 1 fully saturated rings. The van der Waals surface area contributed by atoms with Crippen molar-refractivity contribution < 1.29 is 18.9 Å². The van der Waals surface area contributed by atoms with Crippen molar-refractivity contribution in [3.05, 3.63) is 53.6 Å². The maximum atomic E-state index is 6.68. The highest BCUT2D eigenvalue weighted by molar-refractivity contribution is 6.02. The van der Waals surface area contributed by atoms with Crippen LogP contribution in [0.15, 0.2) is 47.6 Å².